The summed E-state index contributed by atoms with van der Waals surface area (Å²) in [7, 11) is 1.61. The molecule has 3 aromatic rings. The summed E-state index contributed by atoms with van der Waals surface area (Å²) in [5.41, 5.74) is 0.661. The Morgan fingerprint density at radius 3 is 2.92 bits per heavy atom. The van der Waals surface area contributed by atoms with Crippen molar-refractivity contribution >= 4 is 16.9 Å². The number of furan rings is 1. The van der Waals surface area contributed by atoms with E-state index in [1.165, 1.54) is 0 Å². The van der Waals surface area contributed by atoms with Crippen LogP contribution < -0.4 is 9.47 Å². The zero-order chi connectivity index (χ0) is 17.2. The van der Waals surface area contributed by atoms with Gasteiger partial charge in [-0.1, -0.05) is 0 Å². The molecule has 4 rings (SSSR count). The zero-order valence-corrected chi connectivity index (χ0v) is 13.7. The molecule has 2 aromatic heterocycles. The Hall–Kier alpha value is -3.09. The Morgan fingerprint density at radius 2 is 2.12 bits per heavy atom. The minimum absolute atomic E-state index is 0.115. The Labute approximate surface area is 144 Å². The molecule has 0 saturated carbocycles. The second kappa shape index (κ2) is 6.43. The van der Waals surface area contributed by atoms with E-state index in [-0.39, 0.29) is 12.0 Å². The molecule has 1 amide bonds. The maximum atomic E-state index is 12.7. The van der Waals surface area contributed by atoms with Crippen molar-refractivity contribution in [2.24, 2.45) is 0 Å². The van der Waals surface area contributed by atoms with E-state index in [0.717, 1.165) is 17.6 Å². The number of benzene rings is 1. The molecule has 25 heavy (non-hydrogen) atoms. The molecule has 0 bridgehead atoms. The summed E-state index contributed by atoms with van der Waals surface area (Å²) in [5.74, 6) is 0.903. The van der Waals surface area contributed by atoms with Crippen LogP contribution in [-0.2, 0) is 0 Å². The SMILES string of the molecule is COc1ccc2oc(C(=O)N3CC[C@@H](Oc4ncccn4)C3)cc2c1. The lowest BCUT2D eigenvalue weighted by Gasteiger charge is -2.15. The summed E-state index contributed by atoms with van der Waals surface area (Å²) in [5, 5.41) is 0.840. The van der Waals surface area contributed by atoms with E-state index in [1.54, 1.807) is 48.7 Å². The van der Waals surface area contributed by atoms with Crippen LogP contribution in [0.4, 0.5) is 0 Å². The van der Waals surface area contributed by atoms with Gasteiger partial charge in [0.05, 0.1) is 13.7 Å². The van der Waals surface area contributed by atoms with Crippen molar-refractivity contribution < 1.29 is 18.7 Å². The molecule has 1 aliphatic rings. The van der Waals surface area contributed by atoms with Gasteiger partial charge < -0.3 is 18.8 Å². The maximum absolute atomic E-state index is 12.7. The van der Waals surface area contributed by atoms with Gasteiger partial charge in [0.1, 0.15) is 17.4 Å². The third kappa shape index (κ3) is 3.13. The molecule has 0 radical (unpaired) electrons. The van der Waals surface area contributed by atoms with Gasteiger partial charge >= 0.3 is 6.01 Å². The number of hydrogen-bond donors (Lipinski definition) is 0. The Bertz CT molecular complexity index is 894. The number of fused-ring (bicyclic) bond motifs is 1. The highest BCUT2D eigenvalue weighted by atomic mass is 16.5. The van der Waals surface area contributed by atoms with Crippen LogP contribution in [0, 0.1) is 0 Å². The predicted molar refractivity (Wildman–Crippen MR) is 89.7 cm³/mol. The molecule has 7 nitrogen and oxygen atoms in total. The third-order valence-electron chi connectivity index (χ3n) is 4.18. The minimum Gasteiger partial charge on any atom is -0.497 e. The van der Waals surface area contributed by atoms with Crippen molar-refractivity contribution in [2.45, 2.75) is 12.5 Å². The number of nitrogens with zero attached hydrogens (tertiary/aromatic N) is 3. The summed E-state index contributed by atoms with van der Waals surface area (Å²) in [6.45, 7) is 1.09. The van der Waals surface area contributed by atoms with Gasteiger partial charge in [0.25, 0.3) is 5.91 Å². The van der Waals surface area contributed by atoms with E-state index in [1.807, 2.05) is 6.07 Å². The first-order chi connectivity index (χ1) is 12.2. The quantitative estimate of drug-likeness (QED) is 0.727. The van der Waals surface area contributed by atoms with Gasteiger partial charge in [0.2, 0.25) is 0 Å². The van der Waals surface area contributed by atoms with Crippen molar-refractivity contribution in [3.8, 4) is 11.8 Å². The third-order valence-corrected chi connectivity index (χ3v) is 4.18. The second-order valence-corrected chi connectivity index (χ2v) is 5.83. The normalized spacial score (nSPS) is 17.0. The van der Waals surface area contributed by atoms with Gasteiger partial charge in [-0.2, -0.15) is 0 Å². The molecule has 3 heterocycles. The van der Waals surface area contributed by atoms with Crippen molar-refractivity contribution in [3.05, 3.63) is 48.5 Å². The van der Waals surface area contributed by atoms with Crippen LogP contribution in [0.15, 0.2) is 47.1 Å². The molecular formula is C18H17N3O4. The standard InChI is InChI=1S/C18H17N3O4/c1-23-13-3-4-15-12(9-13)10-16(25-15)17(22)21-8-5-14(11-21)24-18-19-6-2-7-20-18/h2-4,6-7,9-10,14H,5,8,11H2,1H3/t14-/m1/s1. The highest BCUT2D eigenvalue weighted by molar-refractivity contribution is 5.96. The number of amides is 1. The molecule has 1 aromatic carbocycles. The molecule has 1 fully saturated rings. The molecule has 128 valence electrons. The van der Waals surface area contributed by atoms with Crippen LogP contribution in [0.1, 0.15) is 17.0 Å². The number of hydrogen-bond acceptors (Lipinski definition) is 6. The number of ether oxygens (including phenoxy) is 2. The summed E-state index contributed by atoms with van der Waals surface area (Å²) in [4.78, 5) is 22.5. The van der Waals surface area contributed by atoms with Gasteiger partial charge in [-0.3, -0.25) is 4.79 Å². The first-order valence-corrected chi connectivity index (χ1v) is 8.03. The van der Waals surface area contributed by atoms with E-state index >= 15 is 0 Å². The molecule has 1 saturated heterocycles. The van der Waals surface area contributed by atoms with E-state index in [0.29, 0.717) is 30.4 Å². The number of methoxy groups -OCH3 is 1. The topological polar surface area (TPSA) is 77.7 Å². The number of carbonyl (C=O) groups excluding carboxylic acids is 1. The molecule has 7 heteroatoms. The molecule has 1 aliphatic heterocycles. The first kappa shape index (κ1) is 15.4. The van der Waals surface area contributed by atoms with Crippen LogP contribution in [0.2, 0.25) is 0 Å². The molecule has 0 spiro atoms. The van der Waals surface area contributed by atoms with Crippen LogP contribution in [0.25, 0.3) is 11.0 Å². The number of aromatic nitrogens is 2. The highest BCUT2D eigenvalue weighted by Gasteiger charge is 2.30. The summed E-state index contributed by atoms with van der Waals surface area (Å²) >= 11 is 0. The lowest BCUT2D eigenvalue weighted by atomic mass is 10.2. The van der Waals surface area contributed by atoms with E-state index in [4.69, 9.17) is 13.9 Å². The molecule has 0 aliphatic carbocycles. The predicted octanol–water partition coefficient (Wildman–Crippen LogP) is 2.52. The van der Waals surface area contributed by atoms with Crippen molar-refractivity contribution in [1.29, 1.82) is 0 Å². The summed E-state index contributed by atoms with van der Waals surface area (Å²) < 4.78 is 16.6. The monoisotopic (exact) mass is 339 g/mol. The van der Waals surface area contributed by atoms with Crippen molar-refractivity contribution in [2.75, 3.05) is 20.2 Å². The van der Waals surface area contributed by atoms with Crippen LogP contribution >= 0.6 is 0 Å². The van der Waals surface area contributed by atoms with Gasteiger partial charge in [-0.15, -0.1) is 0 Å². The average Bonchev–Trinajstić information content (AvgIpc) is 3.28. The zero-order valence-electron chi connectivity index (χ0n) is 13.7. The van der Waals surface area contributed by atoms with Gasteiger partial charge in [0.15, 0.2) is 5.76 Å². The lowest BCUT2D eigenvalue weighted by molar-refractivity contribution is 0.0741. The lowest BCUT2D eigenvalue weighted by Crippen LogP contribution is -2.30. The van der Waals surface area contributed by atoms with Gasteiger partial charge in [0, 0.05) is 30.7 Å². The van der Waals surface area contributed by atoms with Crippen molar-refractivity contribution in [1.82, 2.24) is 14.9 Å². The fourth-order valence-electron chi connectivity index (χ4n) is 2.91. The Kier molecular flexibility index (Phi) is 3.97. The van der Waals surface area contributed by atoms with E-state index in [9.17, 15) is 4.79 Å². The maximum Gasteiger partial charge on any atom is 0.316 e. The molecule has 0 unspecified atom stereocenters. The number of likely N-dealkylation sites (tertiary alicyclic amines) is 1. The van der Waals surface area contributed by atoms with Crippen LogP contribution in [0.5, 0.6) is 11.8 Å². The van der Waals surface area contributed by atoms with Crippen LogP contribution in [-0.4, -0.2) is 47.1 Å². The van der Waals surface area contributed by atoms with E-state index in [2.05, 4.69) is 9.97 Å². The average molecular weight is 339 g/mol. The Morgan fingerprint density at radius 1 is 1.28 bits per heavy atom. The number of rotatable bonds is 4. The molecular weight excluding hydrogens is 322 g/mol. The van der Waals surface area contributed by atoms with E-state index < -0.39 is 0 Å². The Balaban J connectivity index is 1.46. The highest BCUT2D eigenvalue weighted by Crippen LogP contribution is 2.26. The van der Waals surface area contributed by atoms with Gasteiger partial charge in [-0.25, -0.2) is 9.97 Å². The molecule has 1 atom stereocenters. The summed E-state index contributed by atoms with van der Waals surface area (Å²) in [6, 6.07) is 9.26. The fraction of sp³-hybridized carbons (Fsp3) is 0.278. The number of carbonyl (C=O) groups is 1. The fourth-order valence-corrected chi connectivity index (χ4v) is 2.91. The largest absolute Gasteiger partial charge is 0.497 e. The molecule has 0 N–H and O–H groups in total. The summed E-state index contributed by atoms with van der Waals surface area (Å²) in [6.07, 6.45) is 3.87. The minimum atomic E-state index is -0.143. The smallest absolute Gasteiger partial charge is 0.316 e. The van der Waals surface area contributed by atoms with Crippen molar-refractivity contribution in [3.63, 3.8) is 0 Å². The first-order valence-electron chi connectivity index (χ1n) is 8.03. The second-order valence-electron chi connectivity index (χ2n) is 5.83. The van der Waals surface area contributed by atoms with Crippen LogP contribution in [0.3, 0.4) is 0 Å². The van der Waals surface area contributed by atoms with Gasteiger partial charge in [-0.05, 0) is 30.3 Å².